The Morgan fingerprint density at radius 1 is 1.34 bits per heavy atom. The summed E-state index contributed by atoms with van der Waals surface area (Å²) >= 11 is 7.28. The van der Waals surface area contributed by atoms with Crippen molar-refractivity contribution in [1.82, 2.24) is 4.90 Å². The van der Waals surface area contributed by atoms with Crippen LogP contribution in [0.1, 0.15) is 6.42 Å². The molecule has 1 unspecified atom stereocenters. The average Bonchev–Trinajstić information content (AvgIpc) is 2.98. The number of carbonyl (C=O) groups is 2. The summed E-state index contributed by atoms with van der Waals surface area (Å²) in [6.07, 6.45) is 1.64. The van der Waals surface area contributed by atoms with Gasteiger partial charge in [0.1, 0.15) is 11.0 Å². The van der Waals surface area contributed by atoms with Gasteiger partial charge in [0.25, 0.3) is 0 Å². The number of nitrogens with zero attached hydrogens (tertiary/aromatic N) is 2. The molecule has 1 saturated heterocycles. The van der Waals surface area contributed by atoms with Gasteiger partial charge in [-0.3, -0.25) is 14.5 Å². The van der Waals surface area contributed by atoms with Gasteiger partial charge in [0, 0.05) is 18.0 Å². The Kier molecular flexibility index (Phi) is 6.95. The monoisotopic (exact) mass is 429 g/mol. The smallest absolute Gasteiger partial charge is 0.242 e. The molecule has 2 aromatic rings. The number of carbonyl (C=O) groups excluding carboxylic acids is 2. The van der Waals surface area contributed by atoms with Crippen molar-refractivity contribution in [3.8, 4) is 5.75 Å². The summed E-state index contributed by atoms with van der Waals surface area (Å²) in [4.78, 5) is 31.5. The van der Waals surface area contributed by atoms with Crippen LogP contribution in [0, 0.1) is 0 Å². The Bertz CT molecular complexity index is 949. The van der Waals surface area contributed by atoms with Crippen LogP contribution in [0.15, 0.2) is 66.2 Å². The van der Waals surface area contributed by atoms with Crippen LogP contribution in [0.2, 0.25) is 5.02 Å². The number of ether oxygens (including phenoxy) is 1. The molecule has 2 aromatic carbocycles. The fraction of sp³-hybridized carbons (Fsp3) is 0.190. The molecule has 29 heavy (non-hydrogen) atoms. The van der Waals surface area contributed by atoms with Gasteiger partial charge >= 0.3 is 0 Å². The number of rotatable bonds is 7. The second-order valence-corrected chi connectivity index (χ2v) is 7.78. The molecule has 0 aliphatic carbocycles. The van der Waals surface area contributed by atoms with E-state index in [4.69, 9.17) is 16.3 Å². The van der Waals surface area contributed by atoms with Crippen molar-refractivity contribution in [2.24, 2.45) is 4.99 Å². The van der Waals surface area contributed by atoms with E-state index >= 15 is 0 Å². The molecule has 0 spiro atoms. The molecule has 1 N–H and O–H groups in total. The van der Waals surface area contributed by atoms with E-state index in [-0.39, 0.29) is 18.2 Å². The van der Waals surface area contributed by atoms with Crippen molar-refractivity contribution in [3.63, 3.8) is 0 Å². The minimum atomic E-state index is -0.567. The van der Waals surface area contributed by atoms with Crippen LogP contribution in [0.3, 0.4) is 0 Å². The number of nitrogens with one attached hydrogen (secondary N) is 1. The lowest BCUT2D eigenvalue weighted by molar-refractivity contribution is -0.127. The zero-order valence-electron chi connectivity index (χ0n) is 15.8. The van der Waals surface area contributed by atoms with Crippen molar-refractivity contribution in [1.29, 1.82) is 0 Å². The lowest BCUT2D eigenvalue weighted by atomic mass is 10.2. The van der Waals surface area contributed by atoms with E-state index in [0.29, 0.717) is 28.2 Å². The molecule has 0 aromatic heterocycles. The third-order valence-electron chi connectivity index (χ3n) is 4.12. The van der Waals surface area contributed by atoms with Crippen LogP contribution >= 0.6 is 23.4 Å². The Balaban J connectivity index is 1.74. The van der Waals surface area contributed by atoms with Crippen LogP contribution in [-0.2, 0) is 9.59 Å². The molecule has 0 saturated carbocycles. The van der Waals surface area contributed by atoms with Gasteiger partial charge in [-0.1, -0.05) is 47.6 Å². The molecule has 1 fully saturated rings. The van der Waals surface area contributed by atoms with E-state index in [9.17, 15) is 9.59 Å². The molecule has 0 bridgehead atoms. The first-order valence-electron chi connectivity index (χ1n) is 8.88. The van der Waals surface area contributed by atoms with Crippen molar-refractivity contribution >= 4 is 51.7 Å². The largest absolute Gasteiger partial charge is 0.495 e. The van der Waals surface area contributed by atoms with Gasteiger partial charge in [0.2, 0.25) is 11.8 Å². The second-order valence-electron chi connectivity index (χ2n) is 6.17. The van der Waals surface area contributed by atoms with E-state index in [0.717, 1.165) is 5.69 Å². The van der Waals surface area contributed by atoms with Crippen molar-refractivity contribution in [3.05, 3.63) is 66.2 Å². The summed E-state index contributed by atoms with van der Waals surface area (Å²) in [7, 11) is 1.51. The van der Waals surface area contributed by atoms with E-state index in [1.54, 1.807) is 29.2 Å². The molecule has 6 nitrogen and oxygen atoms in total. The predicted molar refractivity (Wildman–Crippen MR) is 118 cm³/mol. The number of para-hydroxylation sites is 1. The van der Waals surface area contributed by atoms with Crippen LogP contribution in [-0.4, -0.2) is 40.8 Å². The van der Waals surface area contributed by atoms with Crippen molar-refractivity contribution < 1.29 is 14.3 Å². The SMILES string of the molecule is C=CCN1C(=O)C(CC(=O)Nc2cc(Cl)ccc2OC)SC1=Nc1ccccc1. The molecule has 0 radical (unpaired) electrons. The number of thioether (sulfide) groups is 1. The number of halogens is 1. The zero-order chi connectivity index (χ0) is 20.8. The number of hydrogen-bond acceptors (Lipinski definition) is 5. The lowest BCUT2D eigenvalue weighted by Gasteiger charge is -2.14. The van der Waals surface area contributed by atoms with Gasteiger partial charge in [0.15, 0.2) is 5.17 Å². The van der Waals surface area contributed by atoms with Crippen LogP contribution in [0.4, 0.5) is 11.4 Å². The van der Waals surface area contributed by atoms with Gasteiger partial charge in [-0.25, -0.2) is 4.99 Å². The number of amidine groups is 1. The molecule has 2 amide bonds. The van der Waals surface area contributed by atoms with Gasteiger partial charge in [-0.2, -0.15) is 0 Å². The van der Waals surface area contributed by atoms with Crippen molar-refractivity contribution in [2.75, 3.05) is 19.0 Å². The molecule has 1 aliphatic heterocycles. The van der Waals surface area contributed by atoms with Crippen LogP contribution in [0.25, 0.3) is 0 Å². The zero-order valence-corrected chi connectivity index (χ0v) is 17.4. The number of anilines is 1. The Labute approximate surface area is 178 Å². The number of methoxy groups -OCH3 is 1. The van der Waals surface area contributed by atoms with Gasteiger partial charge < -0.3 is 10.1 Å². The molecule has 1 aliphatic rings. The predicted octanol–water partition coefficient (Wildman–Crippen LogP) is 4.49. The first kappa shape index (κ1) is 21.0. The minimum Gasteiger partial charge on any atom is -0.495 e. The van der Waals surface area contributed by atoms with Gasteiger partial charge in [0.05, 0.1) is 18.5 Å². The molecular formula is C21H20ClN3O3S. The molecule has 1 atom stereocenters. The molecule has 1 heterocycles. The third kappa shape index (κ3) is 5.19. The normalized spacial score (nSPS) is 17.4. The summed E-state index contributed by atoms with van der Waals surface area (Å²) in [5, 5.41) is 3.23. The third-order valence-corrected chi connectivity index (χ3v) is 5.53. The fourth-order valence-electron chi connectivity index (χ4n) is 2.78. The first-order chi connectivity index (χ1) is 14.0. The Morgan fingerprint density at radius 2 is 2.10 bits per heavy atom. The highest BCUT2D eigenvalue weighted by Gasteiger charge is 2.38. The molecule has 8 heteroatoms. The summed E-state index contributed by atoms with van der Waals surface area (Å²) in [5.41, 5.74) is 1.20. The average molecular weight is 430 g/mol. The standard InChI is InChI=1S/C21H20ClN3O3S/c1-3-11-25-20(27)18(29-21(25)23-15-7-5-4-6-8-15)13-19(26)24-16-12-14(22)9-10-17(16)28-2/h3-10,12,18H,1,11,13H2,2H3,(H,24,26). The van der Waals surface area contributed by atoms with E-state index in [1.165, 1.54) is 18.9 Å². The quantitative estimate of drug-likeness (QED) is 0.658. The Hall–Kier alpha value is -2.77. The molecule has 150 valence electrons. The summed E-state index contributed by atoms with van der Waals surface area (Å²) in [6, 6.07) is 14.3. The maximum atomic E-state index is 12.8. The van der Waals surface area contributed by atoms with E-state index in [1.807, 2.05) is 30.3 Å². The maximum absolute atomic E-state index is 12.8. The highest BCUT2D eigenvalue weighted by atomic mass is 35.5. The van der Waals surface area contributed by atoms with Crippen LogP contribution < -0.4 is 10.1 Å². The summed E-state index contributed by atoms with van der Waals surface area (Å²) < 4.78 is 5.24. The maximum Gasteiger partial charge on any atom is 0.242 e. The van der Waals surface area contributed by atoms with Crippen LogP contribution in [0.5, 0.6) is 5.75 Å². The minimum absolute atomic E-state index is 0.000615. The Morgan fingerprint density at radius 3 is 2.79 bits per heavy atom. The van der Waals surface area contributed by atoms with Crippen molar-refractivity contribution in [2.45, 2.75) is 11.7 Å². The fourth-order valence-corrected chi connectivity index (χ4v) is 4.12. The first-order valence-corrected chi connectivity index (χ1v) is 10.1. The number of amides is 2. The summed E-state index contributed by atoms with van der Waals surface area (Å²) in [6.45, 7) is 4.04. The topological polar surface area (TPSA) is 71.0 Å². The number of benzene rings is 2. The number of aliphatic imine (C=N–C) groups is 1. The van der Waals surface area contributed by atoms with Gasteiger partial charge in [-0.15, -0.1) is 6.58 Å². The van der Waals surface area contributed by atoms with E-state index in [2.05, 4.69) is 16.9 Å². The number of hydrogen-bond donors (Lipinski definition) is 1. The highest BCUT2D eigenvalue weighted by Crippen LogP contribution is 2.33. The summed E-state index contributed by atoms with van der Waals surface area (Å²) in [5.74, 6) is 0.0153. The lowest BCUT2D eigenvalue weighted by Crippen LogP contribution is -2.33. The second kappa shape index (κ2) is 9.62. The highest BCUT2D eigenvalue weighted by molar-refractivity contribution is 8.15. The van der Waals surface area contributed by atoms with Gasteiger partial charge in [-0.05, 0) is 30.3 Å². The molecular weight excluding hydrogens is 410 g/mol. The van der Waals surface area contributed by atoms with E-state index < -0.39 is 5.25 Å². The molecule has 3 rings (SSSR count).